The van der Waals surface area contributed by atoms with Crippen molar-refractivity contribution in [1.82, 2.24) is 10.1 Å². The largest absolute Gasteiger partial charge is 0.476 e. The number of nitrogens with zero attached hydrogens (tertiary/aromatic N) is 2. The first kappa shape index (κ1) is 12.4. The van der Waals surface area contributed by atoms with Crippen LogP contribution in [0, 0.1) is 6.92 Å². The molecule has 2 rings (SSSR count). The molecule has 2 aromatic heterocycles. The molecular weight excluding hydrogens is 236 g/mol. The number of carboxylic acids is 1. The summed E-state index contributed by atoms with van der Waals surface area (Å²) < 4.78 is 10.4. The summed E-state index contributed by atoms with van der Waals surface area (Å²) in [6.07, 6.45) is 0. The van der Waals surface area contributed by atoms with Crippen molar-refractivity contribution in [2.45, 2.75) is 20.0 Å². The fraction of sp³-hybridized carbons (Fsp3) is 0.333. The Balaban J connectivity index is 1.94. The van der Waals surface area contributed by atoms with Gasteiger partial charge in [0.25, 0.3) is 0 Å². The number of aromatic nitrogens is 1. The maximum atomic E-state index is 10.6. The highest BCUT2D eigenvalue weighted by Crippen LogP contribution is 2.12. The van der Waals surface area contributed by atoms with Crippen LogP contribution in [-0.2, 0) is 13.1 Å². The van der Waals surface area contributed by atoms with E-state index >= 15 is 0 Å². The lowest BCUT2D eigenvalue weighted by molar-refractivity contribution is 0.0685. The van der Waals surface area contributed by atoms with Crippen molar-refractivity contribution in [1.29, 1.82) is 0 Å². The molecule has 0 radical (unpaired) electrons. The minimum atomic E-state index is -1.09. The molecule has 0 bridgehead atoms. The second-order valence-corrected chi connectivity index (χ2v) is 4.17. The van der Waals surface area contributed by atoms with Gasteiger partial charge in [0.2, 0.25) is 0 Å². The Labute approximate surface area is 104 Å². The molecule has 2 heterocycles. The quantitative estimate of drug-likeness (QED) is 0.873. The summed E-state index contributed by atoms with van der Waals surface area (Å²) in [6, 6.07) is 5.24. The first-order chi connectivity index (χ1) is 8.54. The molecule has 0 spiro atoms. The topological polar surface area (TPSA) is 79.7 Å². The van der Waals surface area contributed by atoms with Crippen LogP contribution in [0.15, 0.2) is 27.1 Å². The third-order valence-corrected chi connectivity index (χ3v) is 2.43. The van der Waals surface area contributed by atoms with Crippen LogP contribution in [-0.4, -0.2) is 28.2 Å². The van der Waals surface area contributed by atoms with Crippen LogP contribution in [0.1, 0.15) is 27.8 Å². The van der Waals surface area contributed by atoms with Gasteiger partial charge in [-0.2, -0.15) is 0 Å². The van der Waals surface area contributed by atoms with Crippen molar-refractivity contribution in [2.24, 2.45) is 0 Å². The highest BCUT2D eigenvalue weighted by atomic mass is 16.5. The Morgan fingerprint density at radius 2 is 2.11 bits per heavy atom. The summed E-state index contributed by atoms with van der Waals surface area (Å²) in [6.45, 7) is 2.98. The monoisotopic (exact) mass is 250 g/mol. The smallest absolute Gasteiger partial charge is 0.358 e. The van der Waals surface area contributed by atoms with E-state index < -0.39 is 5.97 Å². The van der Waals surface area contributed by atoms with E-state index in [4.69, 9.17) is 14.0 Å². The lowest BCUT2D eigenvalue weighted by Crippen LogP contribution is -2.16. The molecule has 96 valence electrons. The average Bonchev–Trinajstić information content (AvgIpc) is 2.88. The molecule has 0 amide bonds. The second-order valence-electron chi connectivity index (χ2n) is 4.17. The van der Waals surface area contributed by atoms with Crippen LogP contribution in [0.3, 0.4) is 0 Å². The standard InChI is InChI=1S/C12H14N2O4/c1-8-3-4-9(17-8)6-14(2)7-10-5-11(12(15)16)13-18-10/h3-5H,6-7H2,1-2H3,(H,15,16). The SMILES string of the molecule is Cc1ccc(CN(C)Cc2cc(C(=O)O)no2)o1. The second kappa shape index (κ2) is 5.05. The molecule has 2 aromatic rings. The van der Waals surface area contributed by atoms with E-state index in [2.05, 4.69) is 5.16 Å². The molecule has 0 aliphatic rings. The van der Waals surface area contributed by atoms with Crippen LogP contribution < -0.4 is 0 Å². The first-order valence-corrected chi connectivity index (χ1v) is 5.47. The van der Waals surface area contributed by atoms with E-state index in [9.17, 15) is 4.79 Å². The molecule has 0 atom stereocenters. The number of aromatic carboxylic acids is 1. The third-order valence-electron chi connectivity index (χ3n) is 2.43. The van der Waals surface area contributed by atoms with Gasteiger partial charge in [0, 0.05) is 6.07 Å². The summed E-state index contributed by atoms with van der Waals surface area (Å²) in [5.74, 6) is 1.15. The Hall–Kier alpha value is -2.08. The van der Waals surface area contributed by atoms with Gasteiger partial charge in [0.05, 0.1) is 13.1 Å². The molecule has 0 aliphatic heterocycles. The van der Waals surface area contributed by atoms with Crippen LogP contribution in [0.25, 0.3) is 0 Å². The zero-order chi connectivity index (χ0) is 13.1. The van der Waals surface area contributed by atoms with Crippen molar-refractivity contribution in [3.8, 4) is 0 Å². The normalized spacial score (nSPS) is 11.1. The van der Waals surface area contributed by atoms with Gasteiger partial charge >= 0.3 is 5.97 Å². The minimum Gasteiger partial charge on any atom is -0.476 e. The zero-order valence-electron chi connectivity index (χ0n) is 10.2. The van der Waals surface area contributed by atoms with Gasteiger partial charge in [0.15, 0.2) is 11.5 Å². The van der Waals surface area contributed by atoms with Gasteiger partial charge in [-0.1, -0.05) is 5.16 Å². The van der Waals surface area contributed by atoms with Crippen LogP contribution in [0.4, 0.5) is 0 Å². The number of furan rings is 1. The number of aryl methyl sites for hydroxylation is 1. The highest BCUT2D eigenvalue weighted by Gasteiger charge is 2.12. The summed E-state index contributed by atoms with van der Waals surface area (Å²) in [4.78, 5) is 12.6. The molecule has 6 nitrogen and oxygen atoms in total. The number of carboxylic acid groups (broad SMARTS) is 1. The van der Waals surface area contributed by atoms with Crippen molar-refractivity contribution in [3.63, 3.8) is 0 Å². The molecule has 0 aliphatic carbocycles. The minimum absolute atomic E-state index is 0.0766. The molecule has 1 N–H and O–H groups in total. The van der Waals surface area contributed by atoms with E-state index in [0.717, 1.165) is 11.5 Å². The summed E-state index contributed by atoms with van der Waals surface area (Å²) >= 11 is 0. The van der Waals surface area contributed by atoms with Gasteiger partial charge in [-0.15, -0.1) is 0 Å². The number of carbonyl (C=O) groups is 1. The lowest BCUT2D eigenvalue weighted by Gasteiger charge is -2.12. The van der Waals surface area contributed by atoms with E-state index in [1.165, 1.54) is 6.07 Å². The van der Waals surface area contributed by atoms with Crippen LogP contribution >= 0.6 is 0 Å². The maximum Gasteiger partial charge on any atom is 0.358 e. The van der Waals surface area contributed by atoms with Crippen molar-refractivity contribution >= 4 is 5.97 Å². The molecule has 0 unspecified atom stereocenters. The number of hydrogen-bond donors (Lipinski definition) is 1. The van der Waals surface area contributed by atoms with Gasteiger partial charge in [-0.25, -0.2) is 4.79 Å². The average molecular weight is 250 g/mol. The maximum absolute atomic E-state index is 10.6. The third kappa shape index (κ3) is 2.98. The lowest BCUT2D eigenvalue weighted by atomic mass is 10.3. The Bertz CT molecular complexity index is 544. The molecular formula is C12H14N2O4. The molecule has 0 saturated carbocycles. The van der Waals surface area contributed by atoms with Crippen molar-refractivity contribution in [2.75, 3.05) is 7.05 Å². The Morgan fingerprint density at radius 3 is 2.67 bits per heavy atom. The molecule has 18 heavy (non-hydrogen) atoms. The molecule has 0 saturated heterocycles. The highest BCUT2D eigenvalue weighted by molar-refractivity contribution is 5.85. The van der Waals surface area contributed by atoms with E-state index in [0.29, 0.717) is 18.8 Å². The van der Waals surface area contributed by atoms with Crippen LogP contribution in [0.5, 0.6) is 0 Å². The van der Waals surface area contributed by atoms with Gasteiger partial charge in [0.1, 0.15) is 11.5 Å². The first-order valence-electron chi connectivity index (χ1n) is 5.47. The number of rotatable bonds is 5. The van der Waals surface area contributed by atoms with E-state index in [-0.39, 0.29) is 5.69 Å². The Kier molecular flexibility index (Phi) is 3.47. The number of hydrogen-bond acceptors (Lipinski definition) is 5. The van der Waals surface area contributed by atoms with Gasteiger partial charge < -0.3 is 14.0 Å². The fourth-order valence-electron chi connectivity index (χ4n) is 1.65. The fourth-order valence-corrected chi connectivity index (χ4v) is 1.65. The van der Waals surface area contributed by atoms with Crippen LogP contribution in [0.2, 0.25) is 0 Å². The molecule has 6 heteroatoms. The van der Waals surface area contributed by atoms with E-state index in [1.54, 1.807) is 0 Å². The van der Waals surface area contributed by atoms with Gasteiger partial charge in [-0.05, 0) is 26.1 Å². The van der Waals surface area contributed by atoms with Crippen molar-refractivity contribution in [3.05, 3.63) is 41.2 Å². The summed E-state index contributed by atoms with van der Waals surface area (Å²) in [5, 5.41) is 12.2. The van der Waals surface area contributed by atoms with E-state index in [1.807, 2.05) is 31.0 Å². The predicted molar refractivity (Wildman–Crippen MR) is 62.1 cm³/mol. The predicted octanol–water partition coefficient (Wildman–Crippen LogP) is 1.91. The summed E-state index contributed by atoms with van der Waals surface area (Å²) in [7, 11) is 1.89. The van der Waals surface area contributed by atoms with Crippen molar-refractivity contribution < 1.29 is 18.8 Å². The van der Waals surface area contributed by atoms with Gasteiger partial charge in [-0.3, -0.25) is 4.90 Å². The Morgan fingerprint density at radius 1 is 1.39 bits per heavy atom. The molecule has 0 fully saturated rings. The zero-order valence-corrected chi connectivity index (χ0v) is 10.2. The molecule has 0 aromatic carbocycles. The summed E-state index contributed by atoms with van der Waals surface area (Å²) in [5.41, 5.74) is -0.0766.